The molecule has 1 aliphatic carbocycles. The fraction of sp³-hybridized carbons (Fsp3) is 0.667. The number of aromatic nitrogens is 3. The molecule has 1 aliphatic heterocycles. The van der Waals surface area contributed by atoms with E-state index in [4.69, 9.17) is 30.6 Å². The lowest BCUT2D eigenvalue weighted by Gasteiger charge is -2.26. The molecule has 0 bridgehead atoms. The number of ether oxygens (including phenoxy) is 1. The molecule has 2 fully saturated rings. The zero-order valence-electron chi connectivity index (χ0n) is 18.1. The minimum atomic E-state index is -4.83. The summed E-state index contributed by atoms with van der Waals surface area (Å²) >= 11 is 6.25. The van der Waals surface area contributed by atoms with Gasteiger partial charge < -0.3 is 38.5 Å². The number of anilines is 1. The van der Waals surface area contributed by atoms with Crippen molar-refractivity contribution < 1.29 is 42.6 Å². The fourth-order valence-corrected chi connectivity index (χ4v) is 7.18. The van der Waals surface area contributed by atoms with Crippen LogP contribution < -0.4 is 4.90 Å². The second-order valence-corrected chi connectivity index (χ2v) is 13.0. The van der Waals surface area contributed by atoms with Crippen LogP contribution in [-0.2, 0) is 18.4 Å². The third-order valence-electron chi connectivity index (χ3n) is 6.09. The van der Waals surface area contributed by atoms with Crippen molar-refractivity contribution in [1.82, 2.24) is 14.5 Å². The maximum Gasteiger partial charge on any atom is 0.340 e. The van der Waals surface area contributed by atoms with E-state index < -0.39 is 52.3 Å². The Bertz CT molecular complexity index is 1140. The van der Waals surface area contributed by atoms with E-state index in [1.165, 1.54) is 17.0 Å². The van der Waals surface area contributed by atoms with Crippen molar-refractivity contribution in [1.29, 1.82) is 0 Å². The molecule has 0 spiro atoms. The van der Waals surface area contributed by atoms with Gasteiger partial charge in [-0.05, 0) is 12.8 Å². The average Bonchev–Trinajstić information content (AvgIpc) is 3.45. The number of fused-ring (bicyclic) bond motifs is 1. The number of halogens is 2. The van der Waals surface area contributed by atoms with Gasteiger partial charge in [0.05, 0.1) is 18.5 Å². The van der Waals surface area contributed by atoms with Crippen LogP contribution in [0, 0.1) is 0 Å². The van der Waals surface area contributed by atoms with E-state index in [0.29, 0.717) is 16.9 Å². The van der Waals surface area contributed by atoms with E-state index in [2.05, 4.69) is 9.97 Å². The molecule has 2 aromatic heterocycles. The molecule has 0 aromatic carbocycles. The molecule has 2 aliphatic rings. The molecule has 34 heavy (non-hydrogen) atoms. The van der Waals surface area contributed by atoms with Crippen molar-refractivity contribution in [2.45, 2.75) is 56.3 Å². The minimum Gasteiger partial charge on any atom is -0.387 e. The van der Waals surface area contributed by atoms with Gasteiger partial charge in [-0.25, -0.2) is 14.4 Å². The van der Waals surface area contributed by atoms with Crippen LogP contribution in [0.3, 0.4) is 0 Å². The Morgan fingerprint density at radius 3 is 2.65 bits per heavy atom. The molecule has 4 N–H and O–H groups in total. The minimum absolute atomic E-state index is 0.168. The maximum atomic E-state index is 15.0. The highest BCUT2D eigenvalue weighted by Gasteiger charge is 2.47. The number of hydrogen-bond acceptors (Lipinski definition) is 8. The van der Waals surface area contributed by atoms with Crippen molar-refractivity contribution >= 4 is 43.6 Å². The first-order valence-corrected chi connectivity index (χ1v) is 14.5. The topological polar surface area (TPSA) is 167 Å². The van der Waals surface area contributed by atoms with Crippen LogP contribution in [0.15, 0.2) is 12.4 Å². The lowest BCUT2D eigenvalue weighted by Crippen LogP contribution is -2.31. The fourth-order valence-electron chi connectivity index (χ4n) is 4.43. The van der Waals surface area contributed by atoms with Crippen LogP contribution >= 0.6 is 26.8 Å². The van der Waals surface area contributed by atoms with Gasteiger partial charge >= 0.3 is 15.2 Å². The van der Waals surface area contributed by atoms with Crippen molar-refractivity contribution in [3.8, 4) is 0 Å². The van der Waals surface area contributed by atoms with Gasteiger partial charge in [0.2, 0.25) is 0 Å². The van der Waals surface area contributed by atoms with Crippen LogP contribution in [0.2, 0.25) is 5.15 Å². The van der Waals surface area contributed by atoms with Gasteiger partial charge in [-0.1, -0.05) is 24.4 Å². The summed E-state index contributed by atoms with van der Waals surface area (Å²) in [5.41, 5.74) is 0.904. The van der Waals surface area contributed by atoms with E-state index in [9.17, 15) is 19.1 Å². The Balaban J connectivity index is 1.56. The van der Waals surface area contributed by atoms with Crippen LogP contribution in [0.1, 0.15) is 31.9 Å². The van der Waals surface area contributed by atoms with Crippen LogP contribution in [0.4, 0.5) is 10.2 Å². The van der Waals surface area contributed by atoms with Crippen molar-refractivity contribution in [2.75, 3.05) is 24.5 Å². The normalized spacial score (nSPS) is 28.0. The summed E-state index contributed by atoms with van der Waals surface area (Å²) in [5.74, 6) is -0.860. The van der Waals surface area contributed by atoms with E-state index >= 15 is 4.39 Å². The second-order valence-electron chi connectivity index (χ2n) is 8.58. The van der Waals surface area contributed by atoms with Crippen LogP contribution in [0.25, 0.3) is 11.0 Å². The van der Waals surface area contributed by atoms with Gasteiger partial charge in [0, 0.05) is 19.2 Å². The molecular formula is C18H26ClFN4O8P2. The Morgan fingerprint density at radius 2 is 2.00 bits per heavy atom. The highest BCUT2D eigenvalue weighted by molar-refractivity contribution is 7.70. The Kier molecular flexibility index (Phi) is 7.42. The van der Waals surface area contributed by atoms with Crippen molar-refractivity contribution in [3.63, 3.8) is 0 Å². The maximum absolute atomic E-state index is 15.0. The van der Waals surface area contributed by atoms with Gasteiger partial charge in [0.15, 0.2) is 24.1 Å². The number of imidazole rings is 1. The third kappa shape index (κ3) is 5.48. The monoisotopic (exact) mass is 542 g/mol. The standard InChI is InChI=1S/C18H26ClFN4O8P2/c1-23(10-4-2-3-5-10)17-15-11(6-13(19)22-17)24(8-21-15)18-14(20)16(25)12(32-18)7-31-34(29,30)9-33(26,27)28/h6,8,10,12,14,16,18,25H,2-5,7,9H2,1H3,(H,29,30)(H2,26,27,28)/t12-,14+,16-,18-/m1/s1. The Labute approximate surface area is 199 Å². The number of nitrogens with zero attached hydrogens (tertiary/aromatic N) is 4. The van der Waals surface area contributed by atoms with E-state index in [-0.39, 0.29) is 11.2 Å². The number of alkyl halides is 1. The second kappa shape index (κ2) is 9.72. The molecule has 2 aromatic rings. The summed E-state index contributed by atoms with van der Waals surface area (Å²) in [7, 11) is -7.62. The number of hydrogen-bond donors (Lipinski definition) is 4. The van der Waals surface area contributed by atoms with E-state index in [1.54, 1.807) is 0 Å². The number of rotatable bonds is 8. The lowest BCUT2D eigenvalue weighted by atomic mass is 10.1. The largest absolute Gasteiger partial charge is 0.387 e. The van der Waals surface area contributed by atoms with Gasteiger partial charge in [-0.3, -0.25) is 9.13 Å². The molecule has 12 nitrogen and oxygen atoms in total. The van der Waals surface area contributed by atoms with E-state index in [0.717, 1.165) is 25.7 Å². The first-order valence-electron chi connectivity index (χ1n) is 10.6. The summed E-state index contributed by atoms with van der Waals surface area (Å²) in [6.07, 6.45) is -0.808. The third-order valence-corrected chi connectivity index (χ3v) is 9.74. The molecule has 0 amide bonds. The van der Waals surface area contributed by atoms with Crippen LogP contribution in [-0.4, -0.2) is 78.3 Å². The van der Waals surface area contributed by atoms with Gasteiger partial charge in [0.1, 0.15) is 22.9 Å². The van der Waals surface area contributed by atoms with E-state index in [1.807, 2.05) is 11.9 Å². The smallest absolute Gasteiger partial charge is 0.340 e. The summed E-state index contributed by atoms with van der Waals surface area (Å²) < 4.78 is 49.5. The molecule has 1 saturated heterocycles. The average molecular weight is 543 g/mol. The molecule has 4 rings (SSSR count). The quantitative estimate of drug-likeness (QED) is 0.285. The molecule has 1 unspecified atom stereocenters. The zero-order chi connectivity index (χ0) is 24.8. The number of pyridine rings is 1. The predicted octanol–water partition coefficient (Wildman–Crippen LogP) is 2.40. The Morgan fingerprint density at radius 1 is 1.32 bits per heavy atom. The molecule has 5 atom stereocenters. The molecule has 1 saturated carbocycles. The van der Waals surface area contributed by atoms with Crippen molar-refractivity contribution in [3.05, 3.63) is 17.5 Å². The first kappa shape index (κ1) is 25.9. The highest BCUT2D eigenvalue weighted by atomic mass is 35.5. The SMILES string of the molecule is CN(c1nc(Cl)cc2c1ncn2[C@@H]1O[C@H](COP(=O)(O)CP(=O)(O)O)[C@@H](O)[C@@H]1F)C1CCCC1. The molecular weight excluding hydrogens is 517 g/mol. The summed E-state index contributed by atoms with van der Waals surface area (Å²) in [6.45, 7) is -0.753. The molecule has 190 valence electrons. The summed E-state index contributed by atoms with van der Waals surface area (Å²) in [6, 6.07) is 1.78. The van der Waals surface area contributed by atoms with Crippen molar-refractivity contribution in [2.24, 2.45) is 0 Å². The number of aliphatic hydroxyl groups excluding tert-OH is 1. The number of aliphatic hydroxyl groups is 1. The highest BCUT2D eigenvalue weighted by Crippen LogP contribution is 2.55. The molecule has 0 radical (unpaired) electrons. The zero-order valence-corrected chi connectivity index (χ0v) is 20.7. The lowest BCUT2D eigenvalue weighted by molar-refractivity contribution is -0.0423. The molecule has 16 heteroatoms. The summed E-state index contributed by atoms with van der Waals surface area (Å²) in [5, 5.41) is 10.5. The van der Waals surface area contributed by atoms with Gasteiger partial charge in [-0.2, -0.15) is 0 Å². The van der Waals surface area contributed by atoms with Gasteiger partial charge in [-0.15, -0.1) is 0 Å². The first-order chi connectivity index (χ1) is 15.9. The van der Waals surface area contributed by atoms with Crippen LogP contribution in [0.5, 0.6) is 0 Å². The molecule has 3 heterocycles. The summed E-state index contributed by atoms with van der Waals surface area (Å²) in [4.78, 5) is 38.2. The van der Waals surface area contributed by atoms with Gasteiger partial charge in [0.25, 0.3) is 0 Å². The Hall–Kier alpha value is -1.14. The predicted molar refractivity (Wildman–Crippen MR) is 121 cm³/mol.